The molecular weight excluding hydrogens is 252 g/mol. The van der Waals surface area contributed by atoms with E-state index in [4.69, 9.17) is 0 Å². The van der Waals surface area contributed by atoms with Crippen LogP contribution in [0.1, 0.15) is 11.1 Å². The van der Waals surface area contributed by atoms with Crippen LogP contribution in [0.3, 0.4) is 0 Å². The first kappa shape index (κ1) is 12.1. The van der Waals surface area contributed by atoms with Crippen molar-refractivity contribution >= 4 is 11.3 Å². The van der Waals surface area contributed by atoms with Crippen molar-refractivity contribution in [2.75, 3.05) is 0 Å². The minimum absolute atomic E-state index is 0.968. The van der Waals surface area contributed by atoms with Gasteiger partial charge in [0.15, 0.2) is 0 Å². The van der Waals surface area contributed by atoms with Gasteiger partial charge in [0.25, 0.3) is 0 Å². The van der Waals surface area contributed by atoms with Crippen molar-refractivity contribution in [3.8, 4) is 21.1 Å². The van der Waals surface area contributed by atoms with E-state index >= 15 is 0 Å². The zero-order valence-electron chi connectivity index (χ0n) is 10.9. The summed E-state index contributed by atoms with van der Waals surface area (Å²) < 4.78 is 0. The number of rotatable bonds is 2. The van der Waals surface area contributed by atoms with Gasteiger partial charge in [0.1, 0.15) is 10.0 Å². The smallest absolute Gasteiger partial charge is 0.138 e. The molecule has 19 heavy (non-hydrogen) atoms. The van der Waals surface area contributed by atoms with Crippen molar-refractivity contribution in [2.24, 2.45) is 0 Å². The van der Waals surface area contributed by atoms with E-state index < -0.39 is 0 Å². The highest BCUT2D eigenvalue weighted by Crippen LogP contribution is 2.29. The normalized spacial score (nSPS) is 10.6. The van der Waals surface area contributed by atoms with E-state index in [2.05, 4.69) is 72.6 Å². The highest BCUT2D eigenvalue weighted by molar-refractivity contribution is 7.17. The Bertz CT molecular complexity index is 622. The van der Waals surface area contributed by atoms with E-state index in [1.807, 2.05) is 0 Å². The van der Waals surface area contributed by atoms with Crippen LogP contribution in [0.2, 0.25) is 0 Å². The summed E-state index contributed by atoms with van der Waals surface area (Å²) in [5.74, 6) is 0. The van der Waals surface area contributed by atoms with Gasteiger partial charge in [0.05, 0.1) is 0 Å². The fourth-order valence-corrected chi connectivity index (χ4v) is 2.70. The van der Waals surface area contributed by atoms with Crippen LogP contribution in [0.5, 0.6) is 0 Å². The highest BCUT2D eigenvalue weighted by atomic mass is 32.1. The molecule has 3 rings (SSSR count). The molecule has 0 saturated heterocycles. The summed E-state index contributed by atoms with van der Waals surface area (Å²) in [5, 5.41) is 10.5. The van der Waals surface area contributed by atoms with Gasteiger partial charge in [-0.3, -0.25) is 0 Å². The molecule has 0 N–H and O–H groups in total. The molecule has 3 heteroatoms. The van der Waals surface area contributed by atoms with Crippen molar-refractivity contribution < 1.29 is 0 Å². The molecule has 2 aromatic carbocycles. The van der Waals surface area contributed by atoms with Crippen LogP contribution in [0.25, 0.3) is 21.1 Å². The van der Waals surface area contributed by atoms with Crippen LogP contribution in [-0.4, -0.2) is 10.2 Å². The Kier molecular flexibility index (Phi) is 3.13. The van der Waals surface area contributed by atoms with Crippen LogP contribution in [0.4, 0.5) is 0 Å². The van der Waals surface area contributed by atoms with Gasteiger partial charge in [-0.05, 0) is 13.8 Å². The van der Waals surface area contributed by atoms with Crippen molar-refractivity contribution in [1.29, 1.82) is 0 Å². The van der Waals surface area contributed by atoms with Gasteiger partial charge in [0, 0.05) is 11.1 Å². The summed E-state index contributed by atoms with van der Waals surface area (Å²) in [7, 11) is 0. The number of hydrogen-bond donors (Lipinski definition) is 0. The number of aromatic nitrogens is 2. The number of aryl methyl sites for hydroxylation is 2. The fraction of sp³-hybridized carbons (Fsp3) is 0.125. The molecule has 1 aromatic heterocycles. The van der Waals surface area contributed by atoms with Gasteiger partial charge < -0.3 is 0 Å². The van der Waals surface area contributed by atoms with Crippen molar-refractivity contribution in [3.05, 3.63) is 59.7 Å². The van der Waals surface area contributed by atoms with Gasteiger partial charge in [0.2, 0.25) is 0 Å². The van der Waals surface area contributed by atoms with Gasteiger partial charge in [-0.25, -0.2) is 0 Å². The van der Waals surface area contributed by atoms with Gasteiger partial charge in [-0.2, -0.15) is 0 Å². The molecule has 0 spiro atoms. The molecule has 0 atom stereocenters. The molecule has 0 amide bonds. The van der Waals surface area contributed by atoms with Gasteiger partial charge in [-0.1, -0.05) is 71.0 Å². The molecular formula is C16H14N2S. The summed E-state index contributed by atoms with van der Waals surface area (Å²) >= 11 is 1.63. The van der Waals surface area contributed by atoms with E-state index in [-0.39, 0.29) is 0 Å². The Hall–Kier alpha value is -2.00. The lowest BCUT2D eigenvalue weighted by Crippen LogP contribution is -1.78. The second kappa shape index (κ2) is 4.94. The topological polar surface area (TPSA) is 25.8 Å². The van der Waals surface area contributed by atoms with Crippen LogP contribution in [0, 0.1) is 13.8 Å². The van der Waals surface area contributed by atoms with Crippen LogP contribution in [0.15, 0.2) is 48.5 Å². The van der Waals surface area contributed by atoms with Crippen LogP contribution >= 0.6 is 11.3 Å². The molecule has 0 aliphatic carbocycles. The Morgan fingerprint density at radius 3 is 1.37 bits per heavy atom. The quantitative estimate of drug-likeness (QED) is 0.683. The van der Waals surface area contributed by atoms with Gasteiger partial charge >= 0.3 is 0 Å². The summed E-state index contributed by atoms with van der Waals surface area (Å²) in [6.07, 6.45) is 0. The Morgan fingerprint density at radius 1 is 0.632 bits per heavy atom. The summed E-state index contributed by atoms with van der Waals surface area (Å²) in [5.41, 5.74) is 4.77. The highest BCUT2D eigenvalue weighted by Gasteiger charge is 2.08. The Labute approximate surface area is 116 Å². The van der Waals surface area contributed by atoms with Crippen molar-refractivity contribution in [2.45, 2.75) is 13.8 Å². The molecule has 0 aliphatic rings. The molecule has 0 saturated carbocycles. The maximum absolute atomic E-state index is 4.28. The first-order chi connectivity index (χ1) is 9.22. The van der Waals surface area contributed by atoms with Gasteiger partial charge in [-0.15, -0.1) is 10.2 Å². The molecule has 1 heterocycles. The zero-order chi connectivity index (χ0) is 13.2. The third-order valence-corrected chi connectivity index (χ3v) is 4.04. The first-order valence-corrected chi connectivity index (χ1v) is 7.01. The second-order valence-corrected chi connectivity index (χ2v) is 5.62. The van der Waals surface area contributed by atoms with Crippen molar-refractivity contribution in [1.82, 2.24) is 10.2 Å². The lowest BCUT2D eigenvalue weighted by atomic mass is 10.2. The summed E-state index contributed by atoms with van der Waals surface area (Å²) in [6.45, 7) is 4.17. The maximum atomic E-state index is 4.28. The Morgan fingerprint density at radius 2 is 1.00 bits per heavy atom. The predicted octanol–water partition coefficient (Wildman–Crippen LogP) is 4.49. The monoisotopic (exact) mass is 266 g/mol. The zero-order valence-corrected chi connectivity index (χ0v) is 11.7. The lowest BCUT2D eigenvalue weighted by molar-refractivity contribution is 1.10. The van der Waals surface area contributed by atoms with Crippen LogP contribution in [-0.2, 0) is 0 Å². The number of nitrogens with zero attached hydrogens (tertiary/aromatic N) is 2. The number of benzene rings is 2. The largest absolute Gasteiger partial charge is 0.148 e. The number of hydrogen-bond acceptors (Lipinski definition) is 3. The van der Waals surface area contributed by atoms with Crippen LogP contribution < -0.4 is 0 Å². The minimum atomic E-state index is 0.968. The lowest BCUT2D eigenvalue weighted by Gasteiger charge is -1.96. The standard InChI is InChI=1S/C16H14N2S/c1-11-3-7-13(8-4-11)15-17-18-16(19-15)14-9-5-12(2)6-10-14/h3-10H,1-2H3. The van der Waals surface area contributed by atoms with Crippen molar-refractivity contribution in [3.63, 3.8) is 0 Å². The van der Waals surface area contributed by atoms with E-state index in [9.17, 15) is 0 Å². The third kappa shape index (κ3) is 2.56. The second-order valence-electron chi connectivity index (χ2n) is 4.64. The maximum Gasteiger partial charge on any atom is 0.148 e. The molecule has 0 fully saturated rings. The molecule has 0 bridgehead atoms. The molecule has 2 nitrogen and oxygen atoms in total. The first-order valence-electron chi connectivity index (χ1n) is 6.20. The third-order valence-electron chi connectivity index (χ3n) is 3.02. The van der Waals surface area contributed by atoms with E-state index in [1.54, 1.807) is 11.3 Å². The molecule has 0 unspecified atom stereocenters. The summed E-state index contributed by atoms with van der Waals surface area (Å²) in [4.78, 5) is 0. The van der Waals surface area contributed by atoms with E-state index in [0.717, 1.165) is 21.1 Å². The summed E-state index contributed by atoms with van der Waals surface area (Å²) in [6, 6.07) is 16.8. The van der Waals surface area contributed by atoms with E-state index in [0.29, 0.717) is 0 Å². The Balaban J connectivity index is 1.95. The fourth-order valence-electron chi connectivity index (χ4n) is 1.85. The average Bonchev–Trinajstić information content (AvgIpc) is 2.90. The SMILES string of the molecule is Cc1ccc(-c2nnc(-c3ccc(C)cc3)s2)cc1. The predicted molar refractivity (Wildman–Crippen MR) is 80.3 cm³/mol. The average molecular weight is 266 g/mol. The molecule has 0 aliphatic heterocycles. The molecule has 0 radical (unpaired) electrons. The molecule has 3 aromatic rings. The minimum Gasteiger partial charge on any atom is -0.138 e. The van der Waals surface area contributed by atoms with E-state index in [1.165, 1.54) is 11.1 Å². The molecule has 94 valence electrons.